The van der Waals surface area contributed by atoms with E-state index in [0.717, 1.165) is 38.1 Å². The molecule has 1 heterocycles. The Morgan fingerprint density at radius 1 is 1.43 bits per heavy atom. The third-order valence-electron chi connectivity index (χ3n) is 2.69. The van der Waals surface area contributed by atoms with Crippen LogP contribution in [0.5, 0.6) is 0 Å². The zero-order valence-electron chi connectivity index (χ0n) is 8.91. The van der Waals surface area contributed by atoms with Gasteiger partial charge in [0.05, 0.1) is 5.60 Å². The van der Waals surface area contributed by atoms with E-state index in [1.165, 1.54) is 0 Å². The average molecular weight is 219 g/mol. The van der Waals surface area contributed by atoms with Crippen molar-refractivity contribution in [1.82, 2.24) is 4.90 Å². The van der Waals surface area contributed by atoms with Gasteiger partial charge in [0.25, 0.3) is 0 Å². The molecule has 0 spiro atoms. The number of aliphatic hydroxyl groups is 1. The van der Waals surface area contributed by atoms with E-state index in [9.17, 15) is 5.11 Å². The van der Waals surface area contributed by atoms with E-state index in [-0.39, 0.29) is 0 Å². The molecule has 1 rings (SSSR count). The van der Waals surface area contributed by atoms with Gasteiger partial charge in [0.1, 0.15) is 0 Å². The number of nitrogens with zero attached hydrogens (tertiary/aromatic N) is 1. The van der Waals surface area contributed by atoms with Gasteiger partial charge in [0.15, 0.2) is 0 Å². The van der Waals surface area contributed by atoms with E-state index >= 15 is 0 Å². The Morgan fingerprint density at radius 2 is 2.07 bits per heavy atom. The van der Waals surface area contributed by atoms with Gasteiger partial charge in [0, 0.05) is 32.6 Å². The van der Waals surface area contributed by atoms with Gasteiger partial charge in [-0.15, -0.1) is 0 Å². The first kappa shape index (κ1) is 12.3. The van der Waals surface area contributed by atoms with Crippen LogP contribution in [0.4, 0.5) is 0 Å². The maximum Gasteiger partial charge on any atom is 0.0817 e. The molecule has 1 fully saturated rings. The quantitative estimate of drug-likeness (QED) is 0.670. The van der Waals surface area contributed by atoms with Gasteiger partial charge in [-0.3, -0.25) is 0 Å². The Hall–Kier alpha value is 0.230. The Kier molecular flexibility index (Phi) is 5.23. The van der Waals surface area contributed by atoms with Gasteiger partial charge < -0.3 is 14.7 Å². The minimum Gasteiger partial charge on any atom is -0.388 e. The van der Waals surface area contributed by atoms with Crippen molar-refractivity contribution >= 4 is 12.6 Å². The molecule has 0 radical (unpaired) electrons. The summed E-state index contributed by atoms with van der Waals surface area (Å²) < 4.78 is 5.24. The Morgan fingerprint density at radius 3 is 2.64 bits per heavy atom. The van der Waals surface area contributed by atoms with Gasteiger partial charge in [-0.25, -0.2) is 0 Å². The maximum absolute atomic E-state index is 10.2. The second-order valence-electron chi connectivity index (χ2n) is 4.15. The summed E-state index contributed by atoms with van der Waals surface area (Å²) in [5, 5.41) is 10.2. The molecule has 4 heteroatoms. The monoisotopic (exact) mass is 219 g/mol. The molecule has 0 aliphatic carbocycles. The zero-order valence-corrected chi connectivity index (χ0v) is 9.80. The fraction of sp³-hybridized carbons (Fsp3) is 1.00. The highest BCUT2D eigenvalue weighted by atomic mass is 32.1. The van der Waals surface area contributed by atoms with E-state index < -0.39 is 5.60 Å². The molecule has 0 bridgehead atoms. The molecular formula is C10H21NO2S. The highest BCUT2D eigenvalue weighted by Crippen LogP contribution is 2.21. The molecule has 0 atom stereocenters. The second kappa shape index (κ2) is 5.95. The summed E-state index contributed by atoms with van der Waals surface area (Å²) in [6.07, 6.45) is 2.60. The van der Waals surface area contributed by atoms with E-state index in [0.29, 0.717) is 13.2 Å². The number of thiol groups is 1. The van der Waals surface area contributed by atoms with Crippen LogP contribution in [-0.4, -0.2) is 54.7 Å². The van der Waals surface area contributed by atoms with Crippen LogP contribution in [0.2, 0.25) is 0 Å². The topological polar surface area (TPSA) is 32.7 Å². The van der Waals surface area contributed by atoms with Gasteiger partial charge in [-0.1, -0.05) is 0 Å². The van der Waals surface area contributed by atoms with Crippen molar-refractivity contribution in [2.75, 3.05) is 39.1 Å². The molecule has 1 N–H and O–H groups in total. The van der Waals surface area contributed by atoms with E-state index in [2.05, 4.69) is 24.6 Å². The van der Waals surface area contributed by atoms with Crippen LogP contribution in [0.25, 0.3) is 0 Å². The van der Waals surface area contributed by atoms with Crippen molar-refractivity contribution in [1.29, 1.82) is 0 Å². The fourth-order valence-electron chi connectivity index (χ4n) is 1.83. The lowest BCUT2D eigenvalue weighted by molar-refractivity contribution is -0.0767. The maximum atomic E-state index is 10.2. The molecule has 1 aliphatic rings. The molecule has 0 aromatic heterocycles. The summed E-state index contributed by atoms with van der Waals surface area (Å²) in [4.78, 5) is 2.18. The Labute approximate surface area is 91.8 Å². The molecule has 1 saturated heterocycles. The summed E-state index contributed by atoms with van der Waals surface area (Å²) in [6, 6.07) is 0. The first-order valence-corrected chi connectivity index (χ1v) is 5.89. The van der Waals surface area contributed by atoms with Gasteiger partial charge >= 0.3 is 0 Å². The minimum absolute atomic E-state index is 0.524. The predicted octanol–water partition coefficient (Wildman–Crippen LogP) is 0.780. The van der Waals surface area contributed by atoms with E-state index in [1.54, 1.807) is 0 Å². The Bertz CT molecular complexity index is 160. The lowest BCUT2D eigenvalue weighted by Crippen LogP contribution is -2.45. The zero-order chi connectivity index (χ0) is 10.4. The molecule has 1 aliphatic heterocycles. The molecule has 0 saturated carbocycles. The Balaban J connectivity index is 2.25. The van der Waals surface area contributed by atoms with Crippen molar-refractivity contribution in [3.63, 3.8) is 0 Å². The lowest BCUT2D eigenvalue weighted by Gasteiger charge is -2.35. The van der Waals surface area contributed by atoms with Crippen LogP contribution in [0.15, 0.2) is 0 Å². The van der Waals surface area contributed by atoms with Gasteiger partial charge in [-0.05, 0) is 25.8 Å². The molecule has 0 amide bonds. The molecule has 14 heavy (non-hydrogen) atoms. The summed E-state index contributed by atoms with van der Waals surface area (Å²) >= 11 is 4.17. The number of hydrogen-bond donors (Lipinski definition) is 2. The second-order valence-corrected chi connectivity index (χ2v) is 4.60. The van der Waals surface area contributed by atoms with Crippen molar-refractivity contribution < 1.29 is 9.84 Å². The van der Waals surface area contributed by atoms with E-state index in [4.69, 9.17) is 4.74 Å². The highest BCUT2D eigenvalue weighted by Gasteiger charge is 2.30. The molecule has 3 nitrogen and oxygen atoms in total. The van der Waals surface area contributed by atoms with Crippen LogP contribution >= 0.6 is 12.6 Å². The standard InChI is InChI=1S/C10H21NO2S/c1-11(5-2-8-14)9-10(12)3-6-13-7-4-10/h12,14H,2-9H2,1H3. The van der Waals surface area contributed by atoms with Crippen LogP contribution in [0.1, 0.15) is 19.3 Å². The molecule has 0 aromatic rings. The van der Waals surface area contributed by atoms with Crippen molar-refractivity contribution in [3.05, 3.63) is 0 Å². The summed E-state index contributed by atoms with van der Waals surface area (Å²) in [7, 11) is 2.05. The predicted molar refractivity (Wildman–Crippen MR) is 61.0 cm³/mol. The van der Waals surface area contributed by atoms with Crippen molar-refractivity contribution in [3.8, 4) is 0 Å². The first-order chi connectivity index (χ1) is 6.66. The van der Waals surface area contributed by atoms with Crippen LogP contribution in [-0.2, 0) is 4.74 Å². The number of likely N-dealkylation sites (N-methyl/N-ethyl adjacent to an activating group) is 1. The summed E-state index contributed by atoms with van der Waals surface area (Å²) in [5.41, 5.74) is -0.524. The van der Waals surface area contributed by atoms with Crippen LogP contribution in [0, 0.1) is 0 Å². The third kappa shape index (κ3) is 4.17. The molecule has 0 unspecified atom stereocenters. The summed E-state index contributed by atoms with van der Waals surface area (Å²) in [5.74, 6) is 0.909. The SMILES string of the molecule is CN(CCCS)CC1(O)CCOCC1. The normalized spacial score (nSPS) is 21.4. The minimum atomic E-state index is -0.524. The van der Waals surface area contributed by atoms with Gasteiger partial charge in [0.2, 0.25) is 0 Å². The molecule has 0 aromatic carbocycles. The van der Waals surface area contributed by atoms with Gasteiger partial charge in [-0.2, -0.15) is 12.6 Å². The fourth-order valence-corrected chi connectivity index (χ4v) is 1.97. The first-order valence-electron chi connectivity index (χ1n) is 5.26. The number of ether oxygens (including phenoxy) is 1. The van der Waals surface area contributed by atoms with Crippen molar-refractivity contribution in [2.24, 2.45) is 0 Å². The smallest absolute Gasteiger partial charge is 0.0817 e. The summed E-state index contributed by atoms with van der Waals surface area (Å²) in [6.45, 7) is 3.14. The van der Waals surface area contributed by atoms with Crippen molar-refractivity contribution in [2.45, 2.75) is 24.9 Å². The lowest BCUT2D eigenvalue weighted by atomic mass is 9.94. The highest BCUT2D eigenvalue weighted by molar-refractivity contribution is 7.80. The van der Waals surface area contributed by atoms with Crippen LogP contribution < -0.4 is 0 Å². The average Bonchev–Trinajstić information content (AvgIpc) is 2.15. The largest absolute Gasteiger partial charge is 0.388 e. The molecular weight excluding hydrogens is 198 g/mol. The molecule has 84 valence electrons. The van der Waals surface area contributed by atoms with E-state index in [1.807, 2.05) is 0 Å². The van der Waals surface area contributed by atoms with Crippen LogP contribution in [0.3, 0.4) is 0 Å². The number of rotatable bonds is 5. The third-order valence-corrected chi connectivity index (χ3v) is 3.00. The number of hydrogen-bond acceptors (Lipinski definition) is 4.